The Labute approximate surface area is 150 Å². The van der Waals surface area contributed by atoms with E-state index in [9.17, 15) is 4.79 Å². The molecule has 0 N–H and O–H groups in total. The Morgan fingerprint density at radius 3 is 2.88 bits per heavy atom. The molecule has 0 aliphatic heterocycles. The maximum atomic E-state index is 10.6. The molecule has 0 atom stereocenters. The molecule has 134 valence electrons. The van der Waals surface area contributed by atoms with Crippen molar-refractivity contribution in [2.45, 2.75) is 33.1 Å². The summed E-state index contributed by atoms with van der Waals surface area (Å²) in [6, 6.07) is 3.84. The van der Waals surface area contributed by atoms with E-state index in [1.54, 1.807) is 17.3 Å². The second-order valence-electron chi connectivity index (χ2n) is 5.63. The Bertz CT molecular complexity index is 625. The van der Waals surface area contributed by atoms with Crippen LogP contribution in [-0.2, 0) is 9.53 Å². The molecule has 0 radical (unpaired) electrons. The van der Waals surface area contributed by atoms with Crippen molar-refractivity contribution in [2.75, 3.05) is 26.8 Å². The van der Waals surface area contributed by atoms with Gasteiger partial charge in [-0.25, -0.2) is 0 Å². The Balaban J connectivity index is 2.58. The van der Waals surface area contributed by atoms with Crippen LogP contribution in [0.25, 0.3) is 0 Å². The standard InChI is InChI=1S/C20H27N3O2/c1-4-5-7-15-25-16-8-6-13-23(3)22-20(10-9-14-24)19-12-11-18(2)17-21-19/h9-12,14,17H,4-5,7,13,15-16H2,1-3H3/b10-9-,22-20+. The van der Waals surface area contributed by atoms with Gasteiger partial charge in [0.1, 0.15) is 18.6 Å². The van der Waals surface area contributed by atoms with Crippen LogP contribution >= 0.6 is 0 Å². The number of hydrogen-bond acceptors (Lipinski definition) is 5. The van der Waals surface area contributed by atoms with Crippen LogP contribution in [0.5, 0.6) is 0 Å². The van der Waals surface area contributed by atoms with Gasteiger partial charge in [-0.3, -0.25) is 14.8 Å². The fourth-order valence-corrected chi connectivity index (χ4v) is 1.94. The summed E-state index contributed by atoms with van der Waals surface area (Å²) in [5, 5.41) is 6.19. The number of aromatic nitrogens is 1. The van der Waals surface area contributed by atoms with E-state index in [4.69, 9.17) is 4.74 Å². The van der Waals surface area contributed by atoms with E-state index in [1.807, 2.05) is 26.1 Å². The SMILES string of the molecule is CCCCCOCC#CCN(C)/N=C(\C=C/C=O)c1ccc(C)cn1. The summed E-state index contributed by atoms with van der Waals surface area (Å²) in [4.78, 5) is 15.0. The third kappa shape index (κ3) is 9.43. The maximum Gasteiger partial charge on any atom is 0.142 e. The molecule has 1 rings (SSSR count). The van der Waals surface area contributed by atoms with Crippen molar-refractivity contribution in [3.05, 3.63) is 41.7 Å². The van der Waals surface area contributed by atoms with Gasteiger partial charge >= 0.3 is 0 Å². The number of hydrogen-bond donors (Lipinski definition) is 0. The molecular weight excluding hydrogens is 314 g/mol. The first-order chi connectivity index (χ1) is 12.2. The molecule has 0 unspecified atom stereocenters. The van der Waals surface area contributed by atoms with Gasteiger partial charge < -0.3 is 4.74 Å². The minimum absolute atomic E-state index is 0.443. The number of nitrogens with zero attached hydrogens (tertiary/aromatic N) is 3. The van der Waals surface area contributed by atoms with Gasteiger partial charge in [0.15, 0.2) is 0 Å². The third-order valence-electron chi connectivity index (χ3n) is 3.28. The van der Waals surface area contributed by atoms with E-state index in [0.717, 1.165) is 24.9 Å². The number of allylic oxidation sites excluding steroid dienone is 2. The second-order valence-corrected chi connectivity index (χ2v) is 5.63. The molecule has 1 heterocycles. The summed E-state index contributed by atoms with van der Waals surface area (Å²) in [7, 11) is 1.83. The van der Waals surface area contributed by atoms with Gasteiger partial charge in [0, 0.05) is 19.9 Å². The van der Waals surface area contributed by atoms with E-state index in [1.165, 1.54) is 18.9 Å². The molecule has 0 aromatic carbocycles. The minimum Gasteiger partial charge on any atom is -0.369 e. The molecule has 1 aromatic heterocycles. The fourth-order valence-electron chi connectivity index (χ4n) is 1.94. The normalized spacial score (nSPS) is 11.2. The van der Waals surface area contributed by atoms with Crippen LogP contribution in [0.1, 0.15) is 37.4 Å². The summed E-state index contributed by atoms with van der Waals surface area (Å²) in [5.41, 5.74) is 2.40. The lowest BCUT2D eigenvalue weighted by Crippen LogP contribution is -2.15. The number of carbonyl (C=O) groups is 1. The third-order valence-corrected chi connectivity index (χ3v) is 3.28. The topological polar surface area (TPSA) is 54.8 Å². The Morgan fingerprint density at radius 1 is 1.36 bits per heavy atom. The Morgan fingerprint density at radius 2 is 2.20 bits per heavy atom. The van der Waals surface area contributed by atoms with E-state index in [0.29, 0.717) is 24.6 Å². The smallest absolute Gasteiger partial charge is 0.142 e. The predicted octanol–water partition coefficient (Wildman–Crippen LogP) is 2.99. The van der Waals surface area contributed by atoms with Gasteiger partial charge in [-0.2, -0.15) is 5.10 Å². The largest absolute Gasteiger partial charge is 0.369 e. The molecule has 0 spiro atoms. The van der Waals surface area contributed by atoms with E-state index < -0.39 is 0 Å². The zero-order valence-corrected chi connectivity index (χ0v) is 15.4. The maximum absolute atomic E-state index is 10.6. The second kappa shape index (κ2) is 12.9. The average Bonchev–Trinajstić information content (AvgIpc) is 2.61. The van der Waals surface area contributed by atoms with Gasteiger partial charge in [-0.1, -0.05) is 37.7 Å². The molecule has 1 aromatic rings. The summed E-state index contributed by atoms with van der Waals surface area (Å²) in [5.74, 6) is 6.01. The number of aldehydes is 1. The lowest BCUT2D eigenvalue weighted by atomic mass is 10.2. The highest BCUT2D eigenvalue weighted by Crippen LogP contribution is 2.03. The number of hydrazone groups is 1. The minimum atomic E-state index is 0.443. The van der Waals surface area contributed by atoms with Crippen LogP contribution in [0.2, 0.25) is 0 Å². The molecule has 0 fully saturated rings. The van der Waals surface area contributed by atoms with Crippen LogP contribution < -0.4 is 0 Å². The highest BCUT2D eigenvalue weighted by Gasteiger charge is 2.03. The van der Waals surface area contributed by atoms with Crippen molar-refractivity contribution >= 4 is 12.0 Å². The molecule has 0 saturated heterocycles. The van der Waals surface area contributed by atoms with E-state index in [2.05, 4.69) is 28.8 Å². The summed E-state index contributed by atoms with van der Waals surface area (Å²) in [6.45, 7) is 5.82. The summed E-state index contributed by atoms with van der Waals surface area (Å²) >= 11 is 0. The number of unbranched alkanes of at least 4 members (excludes halogenated alkanes) is 2. The van der Waals surface area contributed by atoms with Gasteiger partial charge in [0.05, 0.1) is 12.2 Å². The lowest BCUT2D eigenvalue weighted by Gasteiger charge is -2.11. The molecule has 0 bridgehead atoms. The van der Waals surface area contributed by atoms with Crippen molar-refractivity contribution in [1.29, 1.82) is 0 Å². The number of carbonyl (C=O) groups excluding carboxylic acids is 1. The van der Waals surface area contributed by atoms with Crippen molar-refractivity contribution in [1.82, 2.24) is 9.99 Å². The first-order valence-electron chi connectivity index (χ1n) is 8.55. The molecule has 0 saturated carbocycles. The highest BCUT2D eigenvalue weighted by atomic mass is 16.5. The lowest BCUT2D eigenvalue weighted by molar-refractivity contribution is -0.104. The summed E-state index contributed by atoms with van der Waals surface area (Å²) < 4.78 is 5.44. The first-order valence-corrected chi connectivity index (χ1v) is 8.55. The molecular formula is C20H27N3O2. The number of ether oxygens (including phenoxy) is 1. The number of rotatable bonds is 10. The quantitative estimate of drug-likeness (QED) is 0.164. The van der Waals surface area contributed by atoms with Gasteiger partial charge in [-0.15, -0.1) is 0 Å². The number of aryl methyl sites for hydroxylation is 1. The van der Waals surface area contributed by atoms with Crippen molar-refractivity contribution in [2.24, 2.45) is 5.10 Å². The predicted molar refractivity (Wildman–Crippen MR) is 101 cm³/mol. The summed E-state index contributed by atoms with van der Waals surface area (Å²) in [6.07, 6.45) is 9.01. The van der Waals surface area contributed by atoms with Crippen molar-refractivity contribution < 1.29 is 9.53 Å². The molecule has 0 amide bonds. The highest BCUT2D eigenvalue weighted by molar-refractivity contribution is 6.08. The molecule has 5 nitrogen and oxygen atoms in total. The van der Waals surface area contributed by atoms with Crippen LogP contribution in [0.4, 0.5) is 0 Å². The van der Waals surface area contributed by atoms with Gasteiger partial charge in [0.2, 0.25) is 0 Å². The zero-order chi connectivity index (χ0) is 18.3. The Hall–Kier alpha value is -2.45. The van der Waals surface area contributed by atoms with Gasteiger partial charge in [0.25, 0.3) is 0 Å². The van der Waals surface area contributed by atoms with Crippen LogP contribution in [0.15, 0.2) is 35.6 Å². The molecule has 5 heteroatoms. The molecule has 0 aliphatic carbocycles. The first kappa shape index (κ1) is 20.6. The van der Waals surface area contributed by atoms with Crippen molar-refractivity contribution in [3.63, 3.8) is 0 Å². The molecule has 25 heavy (non-hydrogen) atoms. The zero-order valence-electron chi connectivity index (χ0n) is 15.4. The fraction of sp³-hybridized carbons (Fsp3) is 0.450. The monoisotopic (exact) mass is 341 g/mol. The average molecular weight is 341 g/mol. The van der Waals surface area contributed by atoms with Gasteiger partial charge in [-0.05, 0) is 37.1 Å². The van der Waals surface area contributed by atoms with E-state index in [-0.39, 0.29) is 0 Å². The van der Waals surface area contributed by atoms with Crippen molar-refractivity contribution in [3.8, 4) is 11.8 Å². The molecule has 0 aliphatic rings. The van der Waals surface area contributed by atoms with E-state index >= 15 is 0 Å². The number of pyridine rings is 1. The Kier molecular flexibility index (Phi) is 10.6. The van der Waals surface area contributed by atoms with Crippen LogP contribution in [-0.4, -0.2) is 48.8 Å². The van der Waals surface area contributed by atoms with Crippen LogP contribution in [0.3, 0.4) is 0 Å². The van der Waals surface area contributed by atoms with Crippen LogP contribution in [0, 0.1) is 18.8 Å².